The lowest BCUT2D eigenvalue weighted by Gasteiger charge is -2.35. The molecule has 0 aromatic rings. The van der Waals surface area contributed by atoms with Gasteiger partial charge in [0.2, 0.25) is 0 Å². The van der Waals surface area contributed by atoms with Crippen LogP contribution < -0.4 is 0 Å². The molecular formula is C9H20FN3. The van der Waals surface area contributed by atoms with Crippen LogP contribution >= 0.6 is 0 Å². The Morgan fingerprint density at radius 1 is 1.38 bits per heavy atom. The summed E-state index contributed by atoms with van der Waals surface area (Å²) in [7, 11) is 2.05. The van der Waals surface area contributed by atoms with Gasteiger partial charge in [0.25, 0.3) is 0 Å². The number of hydrogen-bond donors (Lipinski definition) is 0. The van der Waals surface area contributed by atoms with Crippen LogP contribution in [0.1, 0.15) is 26.7 Å². The van der Waals surface area contributed by atoms with Crippen molar-refractivity contribution in [2.75, 3.05) is 26.7 Å². The SMILES string of the molecule is CCN(F)N1CCCCN(C)C1C. The summed E-state index contributed by atoms with van der Waals surface area (Å²) in [5, 5.41) is 2.62. The van der Waals surface area contributed by atoms with Gasteiger partial charge in [0.1, 0.15) is 0 Å². The molecule has 1 heterocycles. The first kappa shape index (κ1) is 10.9. The van der Waals surface area contributed by atoms with Crippen molar-refractivity contribution in [3.8, 4) is 0 Å². The van der Waals surface area contributed by atoms with Crippen molar-refractivity contribution in [2.45, 2.75) is 32.9 Å². The zero-order valence-corrected chi connectivity index (χ0v) is 8.83. The second-order valence-corrected chi connectivity index (χ2v) is 3.64. The maximum atomic E-state index is 13.4. The van der Waals surface area contributed by atoms with Crippen LogP contribution in [0.3, 0.4) is 0 Å². The highest BCUT2D eigenvalue weighted by Gasteiger charge is 2.25. The summed E-state index contributed by atoms with van der Waals surface area (Å²) in [6, 6.07) is 0. The van der Waals surface area contributed by atoms with Gasteiger partial charge in [0.15, 0.2) is 0 Å². The number of rotatable bonds is 2. The second-order valence-electron chi connectivity index (χ2n) is 3.64. The summed E-state index contributed by atoms with van der Waals surface area (Å²) in [4.78, 5) is 2.19. The molecule has 0 amide bonds. The number of nitrogens with zero attached hydrogens (tertiary/aromatic N) is 3. The van der Waals surface area contributed by atoms with Crippen LogP contribution in [0.5, 0.6) is 0 Å². The molecule has 4 heteroatoms. The minimum Gasteiger partial charge on any atom is -0.290 e. The van der Waals surface area contributed by atoms with Crippen LogP contribution in [0.25, 0.3) is 0 Å². The summed E-state index contributed by atoms with van der Waals surface area (Å²) in [6.45, 7) is 6.20. The zero-order chi connectivity index (χ0) is 9.84. The van der Waals surface area contributed by atoms with Crippen molar-refractivity contribution in [2.24, 2.45) is 0 Å². The third kappa shape index (κ3) is 2.62. The van der Waals surface area contributed by atoms with Crippen molar-refractivity contribution in [3.63, 3.8) is 0 Å². The van der Waals surface area contributed by atoms with Gasteiger partial charge in [-0.2, -0.15) is 5.01 Å². The van der Waals surface area contributed by atoms with Gasteiger partial charge in [0, 0.05) is 13.1 Å². The Hall–Kier alpha value is -0.190. The van der Waals surface area contributed by atoms with E-state index >= 15 is 0 Å². The lowest BCUT2D eigenvalue weighted by atomic mass is 10.3. The van der Waals surface area contributed by atoms with Gasteiger partial charge in [-0.1, -0.05) is 5.23 Å². The minimum absolute atomic E-state index is 0.174. The van der Waals surface area contributed by atoms with E-state index in [1.165, 1.54) is 0 Å². The topological polar surface area (TPSA) is 9.72 Å². The molecule has 1 fully saturated rings. The predicted octanol–water partition coefficient (Wildman–Crippen LogP) is 1.48. The Morgan fingerprint density at radius 3 is 2.62 bits per heavy atom. The second kappa shape index (κ2) is 4.88. The van der Waals surface area contributed by atoms with Crippen LogP contribution in [0.15, 0.2) is 0 Å². The molecule has 13 heavy (non-hydrogen) atoms. The normalized spacial score (nSPS) is 27.9. The van der Waals surface area contributed by atoms with Gasteiger partial charge < -0.3 is 0 Å². The molecular weight excluding hydrogens is 169 g/mol. The molecule has 0 spiro atoms. The van der Waals surface area contributed by atoms with Gasteiger partial charge in [-0.3, -0.25) is 4.90 Å². The first-order valence-electron chi connectivity index (χ1n) is 5.07. The predicted molar refractivity (Wildman–Crippen MR) is 51.5 cm³/mol. The molecule has 0 saturated carbocycles. The van der Waals surface area contributed by atoms with Crippen LogP contribution in [-0.4, -0.2) is 48.0 Å². The molecule has 3 nitrogen and oxygen atoms in total. The number of hydrogen-bond acceptors (Lipinski definition) is 3. The minimum atomic E-state index is 0.174. The smallest absolute Gasteiger partial charge is 0.0753 e. The third-order valence-electron chi connectivity index (χ3n) is 2.76. The monoisotopic (exact) mass is 189 g/mol. The fraction of sp³-hybridized carbons (Fsp3) is 1.00. The quantitative estimate of drug-likeness (QED) is 0.609. The Balaban J connectivity index is 2.58. The van der Waals surface area contributed by atoms with E-state index < -0.39 is 0 Å². The van der Waals surface area contributed by atoms with E-state index in [0.29, 0.717) is 6.54 Å². The van der Waals surface area contributed by atoms with Gasteiger partial charge in [-0.15, -0.1) is 4.48 Å². The molecule has 0 aliphatic carbocycles. The molecule has 1 aliphatic rings. The molecule has 1 rings (SSSR count). The van der Waals surface area contributed by atoms with Crippen LogP contribution in [-0.2, 0) is 0 Å². The average molecular weight is 189 g/mol. The molecule has 0 bridgehead atoms. The van der Waals surface area contributed by atoms with Crippen molar-refractivity contribution in [3.05, 3.63) is 0 Å². The number of hydrazine groups is 1. The molecule has 1 atom stereocenters. The summed E-state index contributed by atoms with van der Waals surface area (Å²) in [5.41, 5.74) is 0. The van der Waals surface area contributed by atoms with Crippen LogP contribution in [0, 0.1) is 0 Å². The molecule has 0 N–H and O–H groups in total. The first-order chi connectivity index (χ1) is 6.16. The van der Waals surface area contributed by atoms with Gasteiger partial charge in [-0.05, 0) is 40.3 Å². The molecule has 1 saturated heterocycles. The molecule has 1 aliphatic heterocycles. The number of halogens is 1. The largest absolute Gasteiger partial charge is 0.290 e. The highest BCUT2D eigenvalue weighted by atomic mass is 19.2. The Morgan fingerprint density at radius 2 is 2.00 bits per heavy atom. The summed E-state index contributed by atoms with van der Waals surface area (Å²) < 4.78 is 13.4. The van der Waals surface area contributed by atoms with E-state index in [0.717, 1.165) is 31.2 Å². The Kier molecular flexibility index (Phi) is 4.09. The Bertz CT molecular complexity index is 154. The molecule has 0 aromatic heterocycles. The van der Waals surface area contributed by atoms with E-state index in [2.05, 4.69) is 4.90 Å². The van der Waals surface area contributed by atoms with Crippen molar-refractivity contribution < 1.29 is 4.48 Å². The van der Waals surface area contributed by atoms with E-state index in [1.54, 1.807) is 5.01 Å². The Labute approximate surface area is 80.0 Å². The standard InChI is InChI=1S/C9H20FN3/c1-4-13(10)12-8-6-5-7-11(3)9(12)2/h9H,4-8H2,1-3H3. The molecule has 0 radical (unpaired) electrons. The summed E-state index contributed by atoms with van der Waals surface area (Å²) in [6.07, 6.45) is 2.41. The fourth-order valence-electron chi connectivity index (χ4n) is 1.71. The molecule has 1 unspecified atom stereocenters. The molecule has 78 valence electrons. The van der Waals surface area contributed by atoms with Gasteiger partial charge in [-0.25, -0.2) is 0 Å². The highest BCUT2D eigenvalue weighted by molar-refractivity contribution is 4.68. The average Bonchev–Trinajstić information content (AvgIpc) is 2.29. The fourth-order valence-corrected chi connectivity index (χ4v) is 1.71. The van der Waals surface area contributed by atoms with E-state index in [1.807, 2.05) is 20.9 Å². The van der Waals surface area contributed by atoms with Crippen LogP contribution in [0.2, 0.25) is 0 Å². The van der Waals surface area contributed by atoms with E-state index in [-0.39, 0.29) is 6.17 Å². The van der Waals surface area contributed by atoms with Crippen molar-refractivity contribution in [1.82, 2.24) is 15.1 Å². The maximum absolute atomic E-state index is 13.4. The van der Waals surface area contributed by atoms with Crippen LogP contribution in [0.4, 0.5) is 4.48 Å². The van der Waals surface area contributed by atoms with Gasteiger partial charge >= 0.3 is 0 Å². The maximum Gasteiger partial charge on any atom is 0.0753 e. The zero-order valence-electron chi connectivity index (χ0n) is 8.83. The summed E-state index contributed by atoms with van der Waals surface area (Å²) in [5.74, 6) is 0. The first-order valence-corrected chi connectivity index (χ1v) is 5.07. The summed E-state index contributed by atoms with van der Waals surface area (Å²) >= 11 is 0. The highest BCUT2D eigenvalue weighted by Crippen LogP contribution is 2.14. The van der Waals surface area contributed by atoms with E-state index in [9.17, 15) is 4.48 Å². The third-order valence-corrected chi connectivity index (χ3v) is 2.76. The lowest BCUT2D eigenvalue weighted by Crippen LogP contribution is -2.49. The van der Waals surface area contributed by atoms with Crippen molar-refractivity contribution >= 4 is 0 Å². The van der Waals surface area contributed by atoms with Crippen molar-refractivity contribution in [1.29, 1.82) is 0 Å². The molecule has 0 aromatic carbocycles. The van der Waals surface area contributed by atoms with E-state index in [4.69, 9.17) is 0 Å². The van der Waals surface area contributed by atoms with Gasteiger partial charge in [0.05, 0.1) is 6.17 Å². The lowest BCUT2D eigenvalue weighted by molar-refractivity contribution is -0.205.